The van der Waals surface area contributed by atoms with Gasteiger partial charge >= 0.3 is 6.36 Å². The van der Waals surface area contributed by atoms with Crippen molar-refractivity contribution in [3.8, 4) is 11.5 Å². The highest BCUT2D eigenvalue weighted by molar-refractivity contribution is 6.30. The molecule has 140 valence electrons. The Kier molecular flexibility index (Phi) is 6.68. The number of amidine groups is 1. The Balaban J connectivity index is 2.11. The number of ether oxygens (including phenoxy) is 2. The highest BCUT2D eigenvalue weighted by atomic mass is 35.5. The van der Waals surface area contributed by atoms with Crippen LogP contribution >= 0.6 is 11.6 Å². The van der Waals surface area contributed by atoms with Crippen molar-refractivity contribution in [1.82, 2.24) is 0 Å². The van der Waals surface area contributed by atoms with Crippen LogP contribution in [-0.2, 0) is 6.54 Å². The Bertz CT molecular complexity index is 764. The molecule has 0 bridgehead atoms. The van der Waals surface area contributed by atoms with Crippen LogP contribution in [0.25, 0.3) is 0 Å². The molecule has 0 aliphatic heterocycles. The summed E-state index contributed by atoms with van der Waals surface area (Å²) in [6.45, 7) is -0.636. The van der Waals surface area contributed by atoms with E-state index in [1.165, 1.54) is 12.1 Å². The summed E-state index contributed by atoms with van der Waals surface area (Å²) in [7, 11) is 0. The number of alkyl halides is 4. The second-order valence-electron chi connectivity index (χ2n) is 5.06. The molecule has 0 fully saturated rings. The number of hydrogen-bond donors (Lipinski definition) is 1. The van der Waals surface area contributed by atoms with Crippen molar-refractivity contribution in [3.63, 3.8) is 0 Å². The fourth-order valence-electron chi connectivity index (χ4n) is 2.05. The maximum atomic E-state index is 12.3. The highest BCUT2D eigenvalue weighted by Crippen LogP contribution is 2.25. The van der Waals surface area contributed by atoms with E-state index in [4.69, 9.17) is 22.1 Å². The van der Waals surface area contributed by atoms with Crippen LogP contribution in [0.5, 0.6) is 11.5 Å². The van der Waals surface area contributed by atoms with E-state index in [9.17, 15) is 17.6 Å². The zero-order valence-corrected chi connectivity index (χ0v) is 14.1. The zero-order valence-electron chi connectivity index (χ0n) is 13.4. The highest BCUT2D eigenvalue weighted by Gasteiger charge is 2.30. The predicted octanol–water partition coefficient (Wildman–Crippen LogP) is 4.49. The van der Waals surface area contributed by atoms with Crippen molar-refractivity contribution >= 4 is 17.4 Å². The van der Waals surface area contributed by atoms with Crippen LogP contribution in [0.1, 0.15) is 11.1 Å². The van der Waals surface area contributed by atoms with E-state index in [0.717, 1.165) is 12.1 Å². The Morgan fingerprint density at radius 1 is 1.12 bits per heavy atom. The number of nitrogens with zero attached hydrogens (tertiary/aromatic N) is 1. The van der Waals surface area contributed by atoms with E-state index in [0.29, 0.717) is 21.9 Å². The fourth-order valence-corrected chi connectivity index (χ4v) is 2.24. The lowest BCUT2D eigenvalue weighted by atomic mass is 10.2. The fraction of sp³-hybridized carbons (Fsp3) is 0.235. The first kappa shape index (κ1) is 19.8. The molecule has 2 N–H and O–H groups in total. The van der Waals surface area contributed by atoms with Gasteiger partial charge in [0, 0.05) is 16.1 Å². The van der Waals surface area contributed by atoms with Crippen LogP contribution in [0, 0.1) is 0 Å². The second-order valence-corrected chi connectivity index (χ2v) is 5.50. The van der Waals surface area contributed by atoms with E-state index < -0.39 is 13.0 Å². The van der Waals surface area contributed by atoms with Gasteiger partial charge in [-0.05, 0) is 42.5 Å². The SMILES string of the molecule is NC(=NCc1cc(Cl)ccc1OCCF)c1ccc(OC(F)(F)F)cc1. The normalized spacial score (nSPS) is 12.1. The van der Waals surface area contributed by atoms with Crippen LogP contribution in [0.2, 0.25) is 5.02 Å². The molecule has 0 aliphatic carbocycles. The molecule has 0 aliphatic rings. The maximum Gasteiger partial charge on any atom is 0.573 e. The van der Waals surface area contributed by atoms with Gasteiger partial charge in [-0.15, -0.1) is 13.2 Å². The Labute approximate surface area is 152 Å². The van der Waals surface area contributed by atoms with Crippen LogP contribution in [0.15, 0.2) is 47.5 Å². The van der Waals surface area contributed by atoms with E-state index in [2.05, 4.69) is 9.73 Å². The van der Waals surface area contributed by atoms with E-state index in [-0.39, 0.29) is 24.7 Å². The van der Waals surface area contributed by atoms with Gasteiger partial charge in [0.1, 0.15) is 30.6 Å². The molecule has 0 unspecified atom stereocenters. The number of halogens is 5. The minimum absolute atomic E-state index is 0.103. The van der Waals surface area contributed by atoms with Gasteiger partial charge in [0.25, 0.3) is 0 Å². The van der Waals surface area contributed by atoms with E-state index in [1.54, 1.807) is 18.2 Å². The zero-order chi connectivity index (χ0) is 19.2. The lowest BCUT2D eigenvalue weighted by molar-refractivity contribution is -0.274. The lowest BCUT2D eigenvalue weighted by Crippen LogP contribution is -2.17. The Morgan fingerprint density at radius 3 is 2.42 bits per heavy atom. The maximum absolute atomic E-state index is 12.3. The van der Waals surface area contributed by atoms with Crippen molar-refractivity contribution in [3.05, 3.63) is 58.6 Å². The molecule has 0 atom stereocenters. The van der Waals surface area contributed by atoms with Crippen molar-refractivity contribution < 1.29 is 27.0 Å². The van der Waals surface area contributed by atoms with Gasteiger partial charge in [-0.1, -0.05) is 11.6 Å². The summed E-state index contributed by atoms with van der Waals surface area (Å²) in [6, 6.07) is 9.82. The lowest BCUT2D eigenvalue weighted by Gasteiger charge is -2.10. The monoisotopic (exact) mass is 390 g/mol. The summed E-state index contributed by atoms with van der Waals surface area (Å²) in [6.07, 6.45) is -4.76. The predicted molar refractivity (Wildman–Crippen MR) is 90.5 cm³/mol. The van der Waals surface area contributed by atoms with Crippen LogP contribution < -0.4 is 15.2 Å². The van der Waals surface area contributed by atoms with Gasteiger partial charge in [-0.3, -0.25) is 4.99 Å². The third-order valence-corrected chi connectivity index (χ3v) is 3.40. The smallest absolute Gasteiger partial charge is 0.491 e. The number of nitrogens with two attached hydrogens (primary N) is 1. The first-order valence-corrected chi connectivity index (χ1v) is 7.79. The molecule has 0 saturated heterocycles. The topological polar surface area (TPSA) is 56.8 Å². The first-order chi connectivity index (χ1) is 12.3. The second kappa shape index (κ2) is 8.75. The third-order valence-electron chi connectivity index (χ3n) is 3.16. The summed E-state index contributed by atoms with van der Waals surface area (Å²) >= 11 is 5.94. The van der Waals surface area contributed by atoms with Gasteiger partial charge in [-0.2, -0.15) is 0 Å². The minimum atomic E-state index is -4.76. The summed E-state index contributed by atoms with van der Waals surface area (Å²) in [4.78, 5) is 4.18. The van der Waals surface area contributed by atoms with Crippen LogP contribution in [0.3, 0.4) is 0 Å². The standard InChI is InChI=1S/C17H15ClF4N2O2/c18-13-3-6-15(25-8-7-19)12(9-13)10-24-16(23)11-1-4-14(5-2-11)26-17(20,21)22/h1-6,9H,7-8,10H2,(H2,23,24). The summed E-state index contributed by atoms with van der Waals surface area (Å²) in [5.74, 6) is 0.184. The number of hydrogen-bond acceptors (Lipinski definition) is 3. The molecule has 0 spiro atoms. The molecule has 0 saturated carbocycles. The van der Waals surface area contributed by atoms with Gasteiger partial charge in [0.2, 0.25) is 0 Å². The molecule has 9 heteroatoms. The number of benzene rings is 2. The van der Waals surface area contributed by atoms with Crippen molar-refractivity contribution in [2.75, 3.05) is 13.3 Å². The molecule has 0 heterocycles. The largest absolute Gasteiger partial charge is 0.573 e. The third kappa shape index (κ3) is 6.11. The van der Waals surface area contributed by atoms with Crippen LogP contribution in [-0.4, -0.2) is 25.5 Å². The molecule has 4 nitrogen and oxygen atoms in total. The number of rotatable bonds is 7. The molecule has 26 heavy (non-hydrogen) atoms. The molecule has 2 aromatic rings. The van der Waals surface area contributed by atoms with Gasteiger partial charge < -0.3 is 15.2 Å². The van der Waals surface area contributed by atoms with Crippen molar-refractivity contribution in [2.45, 2.75) is 12.9 Å². The van der Waals surface area contributed by atoms with E-state index >= 15 is 0 Å². The molecule has 2 rings (SSSR count). The molecule has 0 amide bonds. The van der Waals surface area contributed by atoms with Gasteiger partial charge in [0.15, 0.2) is 0 Å². The minimum Gasteiger partial charge on any atom is -0.491 e. The summed E-state index contributed by atoms with van der Waals surface area (Å²) < 4.78 is 57.8. The Morgan fingerprint density at radius 2 is 1.81 bits per heavy atom. The quantitative estimate of drug-likeness (QED) is 0.430. The molecule has 2 aromatic carbocycles. The molecular formula is C17H15ClF4N2O2. The Hall–Kier alpha value is -2.48. The summed E-state index contributed by atoms with van der Waals surface area (Å²) in [5, 5.41) is 0.454. The molecule has 0 aromatic heterocycles. The summed E-state index contributed by atoms with van der Waals surface area (Å²) in [5.41, 5.74) is 6.89. The average Bonchev–Trinajstić information content (AvgIpc) is 2.58. The number of aliphatic imine (C=N–C) groups is 1. The molecule has 0 radical (unpaired) electrons. The van der Waals surface area contributed by atoms with Crippen LogP contribution in [0.4, 0.5) is 17.6 Å². The van der Waals surface area contributed by atoms with Crippen molar-refractivity contribution in [1.29, 1.82) is 0 Å². The van der Waals surface area contributed by atoms with Gasteiger partial charge in [-0.25, -0.2) is 4.39 Å². The van der Waals surface area contributed by atoms with Crippen molar-refractivity contribution in [2.24, 2.45) is 10.7 Å². The molecular weight excluding hydrogens is 376 g/mol. The first-order valence-electron chi connectivity index (χ1n) is 7.42. The van der Waals surface area contributed by atoms with Gasteiger partial charge in [0.05, 0.1) is 6.54 Å². The average molecular weight is 391 g/mol. The van der Waals surface area contributed by atoms with E-state index in [1.807, 2.05) is 0 Å².